The number of anilines is 4. The Hall–Kier alpha value is -6.75. The lowest BCUT2D eigenvalue weighted by molar-refractivity contribution is -0.144. The monoisotopic (exact) mass is 1000 g/mol. The van der Waals surface area contributed by atoms with Gasteiger partial charge in [-0.25, -0.2) is 19.3 Å². The molecule has 6 aliphatic heterocycles. The third-order valence-corrected chi connectivity index (χ3v) is 17.7. The summed E-state index contributed by atoms with van der Waals surface area (Å²) in [6, 6.07) is 19.3. The van der Waals surface area contributed by atoms with E-state index in [0.717, 1.165) is 71.6 Å². The van der Waals surface area contributed by atoms with E-state index < -0.39 is 11.3 Å². The van der Waals surface area contributed by atoms with Crippen molar-refractivity contribution in [3.05, 3.63) is 90.1 Å². The molecule has 1 spiro atoms. The van der Waals surface area contributed by atoms with Gasteiger partial charge in [0.15, 0.2) is 5.82 Å². The summed E-state index contributed by atoms with van der Waals surface area (Å²) >= 11 is 0. The molecule has 5 aromatic rings. The van der Waals surface area contributed by atoms with Crippen molar-refractivity contribution in [1.82, 2.24) is 39.5 Å². The lowest BCUT2D eigenvalue weighted by atomic mass is 9.73. The Bertz CT molecular complexity index is 3000. The number of fused-ring (bicyclic) bond motifs is 3. The molecule has 6 fully saturated rings. The summed E-state index contributed by atoms with van der Waals surface area (Å²) in [5.74, 6) is 0.000615. The number of hydrogen-bond donors (Lipinski definition) is 2. The van der Waals surface area contributed by atoms with E-state index in [1.54, 1.807) is 30.7 Å². The van der Waals surface area contributed by atoms with Gasteiger partial charge in [-0.3, -0.25) is 29.3 Å². The summed E-state index contributed by atoms with van der Waals surface area (Å²) in [7, 11) is 0. The van der Waals surface area contributed by atoms with E-state index in [-0.39, 0.29) is 59.3 Å². The summed E-state index contributed by atoms with van der Waals surface area (Å²) in [5.41, 5.74) is 5.34. The maximum atomic E-state index is 15.3. The SMILES string of the molecule is CC(C)n1cnc2cc(-c3ccc4c(c3)N(C3CC(N5CCCCC5)C3)C(=O)C43CCN(C(=O)C4CCN(C(=O)[C@@H]5CCN(c6ccc(C7CCC(=O)NC7=O)cn6)C5)CC4)CC3)nc(Nc3ccccc3F)c21. The second-order valence-corrected chi connectivity index (χ2v) is 22.2. The zero-order valence-corrected chi connectivity index (χ0v) is 42.5. The van der Waals surface area contributed by atoms with E-state index in [9.17, 15) is 19.2 Å². The van der Waals surface area contributed by atoms with Gasteiger partial charge in [0.2, 0.25) is 29.5 Å². The number of pyridine rings is 2. The molecule has 7 aliphatic rings. The summed E-state index contributed by atoms with van der Waals surface area (Å²) in [6.45, 7) is 9.70. The van der Waals surface area contributed by atoms with Crippen LogP contribution in [0, 0.1) is 17.7 Å². The molecule has 2 atom stereocenters. The van der Waals surface area contributed by atoms with Crippen LogP contribution in [0.1, 0.15) is 114 Å². The van der Waals surface area contributed by atoms with E-state index >= 15 is 9.18 Å². The first kappa shape index (κ1) is 48.2. The zero-order valence-electron chi connectivity index (χ0n) is 42.5. The highest BCUT2D eigenvalue weighted by molar-refractivity contribution is 6.09. The third kappa shape index (κ3) is 8.67. The maximum absolute atomic E-state index is 15.3. The van der Waals surface area contributed by atoms with E-state index in [4.69, 9.17) is 9.97 Å². The molecule has 9 heterocycles. The van der Waals surface area contributed by atoms with Gasteiger partial charge in [0.1, 0.15) is 17.2 Å². The fraction of sp³-hybridized carbons (Fsp3) is 0.509. The van der Waals surface area contributed by atoms with E-state index in [1.807, 2.05) is 32.6 Å². The van der Waals surface area contributed by atoms with Crippen molar-refractivity contribution in [3.8, 4) is 11.3 Å². The number of rotatable bonds is 10. The molecule has 5 amide bonds. The summed E-state index contributed by atoms with van der Waals surface area (Å²) < 4.78 is 17.1. The first-order valence-corrected chi connectivity index (χ1v) is 27.2. The van der Waals surface area contributed by atoms with Crippen molar-refractivity contribution in [2.75, 3.05) is 67.5 Å². The smallest absolute Gasteiger partial charge is 0.238 e. The second kappa shape index (κ2) is 19.5. The molecular weight excluding hydrogens is 938 g/mol. The highest BCUT2D eigenvalue weighted by Gasteiger charge is 2.56. The molecule has 5 saturated heterocycles. The molecule has 0 radical (unpaired) electrons. The van der Waals surface area contributed by atoms with Crippen molar-refractivity contribution in [2.24, 2.45) is 11.8 Å². The van der Waals surface area contributed by atoms with E-state index in [1.165, 1.54) is 25.3 Å². The summed E-state index contributed by atoms with van der Waals surface area (Å²) in [5, 5.41) is 5.70. The topological polar surface area (TPSA) is 169 Å². The molecular formula is C57H66FN11O5. The Morgan fingerprint density at radius 2 is 1.54 bits per heavy atom. The van der Waals surface area contributed by atoms with Crippen LogP contribution in [0.5, 0.6) is 0 Å². The van der Waals surface area contributed by atoms with Gasteiger partial charge >= 0.3 is 0 Å². The Morgan fingerprint density at radius 1 is 0.797 bits per heavy atom. The number of nitrogens with zero attached hydrogens (tertiary/aromatic N) is 9. The zero-order chi connectivity index (χ0) is 50.8. The average molecular weight is 1000 g/mol. The first-order chi connectivity index (χ1) is 35.9. The number of halogens is 1. The molecule has 1 unspecified atom stereocenters. The third-order valence-electron chi connectivity index (χ3n) is 17.7. The molecule has 74 heavy (non-hydrogen) atoms. The Kier molecular flexibility index (Phi) is 12.7. The Labute approximate surface area is 431 Å². The minimum absolute atomic E-state index is 0.0770. The number of imidazole rings is 1. The largest absolute Gasteiger partial charge is 0.356 e. The number of para-hydroxylation sites is 1. The first-order valence-electron chi connectivity index (χ1n) is 27.2. The molecule has 1 aliphatic carbocycles. The number of imide groups is 1. The van der Waals surface area contributed by atoms with Gasteiger partial charge in [-0.15, -0.1) is 0 Å². The quantitative estimate of drug-likeness (QED) is 0.133. The highest BCUT2D eigenvalue weighted by Crippen LogP contribution is 2.52. The fourth-order valence-corrected chi connectivity index (χ4v) is 13.3. The van der Waals surface area contributed by atoms with E-state index in [0.29, 0.717) is 101 Å². The van der Waals surface area contributed by atoms with Crippen LogP contribution in [0.15, 0.2) is 73.2 Å². The van der Waals surface area contributed by atoms with Crippen LogP contribution in [0.2, 0.25) is 0 Å². The van der Waals surface area contributed by atoms with Gasteiger partial charge in [0.25, 0.3) is 0 Å². The Balaban J connectivity index is 0.726. The van der Waals surface area contributed by atoms with Crippen molar-refractivity contribution in [2.45, 2.75) is 120 Å². The second-order valence-electron chi connectivity index (χ2n) is 22.2. The molecule has 1 saturated carbocycles. The number of carbonyl (C=O) groups excluding carboxylic acids is 5. The van der Waals surface area contributed by atoms with Crippen LogP contribution in [-0.2, 0) is 29.4 Å². The maximum Gasteiger partial charge on any atom is 0.238 e. The summed E-state index contributed by atoms with van der Waals surface area (Å²) in [6.07, 6.45) is 12.9. The number of aromatic nitrogens is 4. The average Bonchev–Trinajstić information content (AvgIpc) is 4.14. The van der Waals surface area contributed by atoms with Gasteiger partial charge in [-0.1, -0.05) is 36.8 Å². The predicted octanol–water partition coefficient (Wildman–Crippen LogP) is 7.47. The normalized spacial score (nSPS) is 24.5. The van der Waals surface area contributed by atoms with Gasteiger partial charge in [0, 0.05) is 87.2 Å². The molecule has 386 valence electrons. The standard InChI is InChI=1S/C57H66FN11O5/c1-35(2)68-34-60-47-31-46(62-52(51(47)68)61-45-9-5-4-8-44(45)58)37-10-13-43-48(28-37)69(41-29-40(30-41)64-21-6-3-7-22-64)56(74)57(43)19-26-66(27-20-57)54(72)36-16-23-65(24-17-36)55(73)39-18-25-67(33-39)49-14-11-38(32-59-49)42-12-15-50(70)63-53(42)71/h4-5,8-11,13-14,28,31-32,34-36,39-42H,3,6-7,12,15-27,29-30,33H2,1-2H3,(H,61,62)(H,63,70,71)/t39-,40?,41?,42?/m1/s1. The highest BCUT2D eigenvalue weighted by atomic mass is 19.1. The van der Waals surface area contributed by atoms with Crippen molar-refractivity contribution < 1.29 is 28.4 Å². The fourth-order valence-electron chi connectivity index (χ4n) is 13.3. The number of carbonyl (C=O) groups is 5. The van der Waals surface area contributed by atoms with Crippen LogP contribution < -0.4 is 20.4 Å². The molecule has 12 rings (SSSR count). The van der Waals surface area contributed by atoms with Gasteiger partial charge in [-0.05, 0) is 133 Å². The van der Waals surface area contributed by atoms with Gasteiger partial charge in [0.05, 0.1) is 40.5 Å². The van der Waals surface area contributed by atoms with Crippen molar-refractivity contribution >= 4 is 63.6 Å². The molecule has 3 aromatic heterocycles. The number of benzene rings is 2. The number of likely N-dealkylation sites (tertiary alicyclic amines) is 3. The van der Waals surface area contributed by atoms with Crippen LogP contribution in [0.25, 0.3) is 22.3 Å². The lowest BCUT2D eigenvalue weighted by Gasteiger charge is -2.48. The van der Waals surface area contributed by atoms with Crippen molar-refractivity contribution in [3.63, 3.8) is 0 Å². The minimum atomic E-state index is -0.748. The van der Waals surface area contributed by atoms with Crippen LogP contribution in [0.3, 0.4) is 0 Å². The van der Waals surface area contributed by atoms with Crippen LogP contribution in [0.4, 0.5) is 27.4 Å². The minimum Gasteiger partial charge on any atom is -0.356 e. The van der Waals surface area contributed by atoms with Crippen LogP contribution in [-0.4, -0.2) is 128 Å². The molecule has 0 bridgehead atoms. The predicted molar refractivity (Wildman–Crippen MR) is 279 cm³/mol. The lowest BCUT2D eigenvalue weighted by Crippen LogP contribution is -2.58. The molecule has 17 heteroatoms. The van der Waals surface area contributed by atoms with Gasteiger partial charge < -0.3 is 34.4 Å². The number of hydrogen-bond acceptors (Lipinski definition) is 11. The number of nitrogens with one attached hydrogen (secondary N) is 2. The van der Waals surface area contributed by atoms with Crippen molar-refractivity contribution in [1.29, 1.82) is 0 Å². The van der Waals surface area contributed by atoms with Crippen LogP contribution >= 0.6 is 0 Å². The molecule has 16 nitrogen and oxygen atoms in total. The molecule has 2 aromatic carbocycles. The van der Waals surface area contributed by atoms with E-state index in [2.05, 4.69) is 62.4 Å². The molecule has 2 N–H and O–H groups in total. The van der Waals surface area contributed by atoms with Gasteiger partial charge in [-0.2, -0.15) is 0 Å². The summed E-state index contributed by atoms with van der Waals surface area (Å²) in [4.78, 5) is 92.8. The Morgan fingerprint density at radius 3 is 2.27 bits per heavy atom. The number of amides is 5. The number of piperidine rings is 4.